The molecule has 1 fully saturated rings. The smallest absolute Gasteiger partial charge is 0.229 e. The van der Waals surface area contributed by atoms with E-state index in [1.165, 1.54) is 0 Å². The van der Waals surface area contributed by atoms with Crippen LogP contribution >= 0.6 is 11.6 Å². The Morgan fingerprint density at radius 1 is 1.42 bits per heavy atom. The maximum atomic E-state index is 11.2. The van der Waals surface area contributed by atoms with E-state index in [9.17, 15) is 8.42 Å². The summed E-state index contributed by atoms with van der Waals surface area (Å²) in [6.45, 7) is 2.72. The van der Waals surface area contributed by atoms with Crippen LogP contribution in [0.3, 0.4) is 0 Å². The minimum atomic E-state index is -3.29. The molecule has 106 valence electrons. The monoisotopic (exact) mass is 304 g/mol. The topological polar surface area (TPSA) is 67.4 Å². The summed E-state index contributed by atoms with van der Waals surface area (Å²) in [4.78, 5) is 0. The van der Waals surface area contributed by atoms with Gasteiger partial charge in [-0.25, -0.2) is 8.42 Å². The molecule has 5 nitrogen and oxygen atoms in total. The van der Waals surface area contributed by atoms with Crippen LogP contribution in [-0.4, -0.2) is 33.4 Å². The van der Waals surface area contributed by atoms with Crippen molar-refractivity contribution < 1.29 is 13.2 Å². The fourth-order valence-electron chi connectivity index (χ4n) is 2.03. The Morgan fingerprint density at radius 2 is 2.16 bits per heavy atom. The average molecular weight is 305 g/mol. The molecule has 1 aliphatic heterocycles. The Bertz CT molecular complexity index is 562. The minimum absolute atomic E-state index is 0.114. The molecule has 1 heterocycles. The van der Waals surface area contributed by atoms with Crippen LogP contribution < -0.4 is 10.0 Å². The van der Waals surface area contributed by atoms with Crippen LogP contribution in [0.15, 0.2) is 18.2 Å². The highest BCUT2D eigenvalue weighted by atomic mass is 35.5. The molecule has 0 saturated carbocycles. The van der Waals surface area contributed by atoms with Gasteiger partial charge in [0.2, 0.25) is 10.0 Å². The predicted octanol–water partition coefficient (Wildman–Crippen LogP) is 2.30. The molecule has 0 bridgehead atoms. The molecule has 7 heteroatoms. The Morgan fingerprint density at radius 3 is 2.74 bits per heavy atom. The van der Waals surface area contributed by atoms with Gasteiger partial charge in [-0.1, -0.05) is 11.6 Å². The molecule has 2 rings (SSSR count). The second kappa shape index (κ2) is 5.56. The summed E-state index contributed by atoms with van der Waals surface area (Å²) in [7, 11) is -3.29. The molecular formula is C12H17ClN2O3S. The van der Waals surface area contributed by atoms with Gasteiger partial charge in [0.15, 0.2) is 0 Å². The SMILES string of the molecule is CC1OCCC1Nc1cc(NS(C)(=O)=O)ccc1Cl. The highest BCUT2D eigenvalue weighted by Gasteiger charge is 2.24. The molecule has 0 aliphatic carbocycles. The molecule has 1 aromatic carbocycles. The number of sulfonamides is 1. The Kier molecular flexibility index (Phi) is 4.23. The zero-order valence-corrected chi connectivity index (χ0v) is 12.4. The van der Waals surface area contributed by atoms with Crippen molar-refractivity contribution in [3.63, 3.8) is 0 Å². The van der Waals surface area contributed by atoms with Crippen molar-refractivity contribution in [2.45, 2.75) is 25.5 Å². The highest BCUT2D eigenvalue weighted by molar-refractivity contribution is 7.92. The van der Waals surface area contributed by atoms with Crippen LogP contribution in [0.25, 0.3) is 0 Å². The second-order valence-electron chi connectivity index (χ2n) is 4.68. The van der Waals surface area contributed by atoms with E-state index in [-0.39, 0.29) is 12.1 Å². The molecule has 1 aromatic rings. The number of ether oxygens (including phenoxy) is 1. The minimum Gasteiger partial charge on any atom is -0.378 e. The van der Waals surface area contributed by atoms with Crippen molar-refractivity contribution in [3.8, 4) is 0 Å². The molecule has 1 saturated heterocycles. The number of hydrogen-bond donors (Lipinski definition) is 2. The van der Waals surface area contributed by atoms with Gasteiger partial charge in [-0.2, -0.15) is 0 Å². The Balaban J connectivity index is 2.17. The van der Waals surface area contributed by atoms with Gasteiger partial charge >= 0.3 is 0 Å². The largest absolute Gasteiger partial charge is 0.378 e. The summed E-state index contributed by atoms with van der Waals surface area (Å²) in [6, 6.07) is 5.17. The third-order valence-corrected chi connectivity index (χ3v) is 3.92. The van der Waals surface area contributed by atoms with E-state index in [0.717, 1.165) is 19.3 Å². The zero-order valence-electron chi connectivity index (χ0n) is 10.8. The summed E-state index contributed by atoms with van der Waals surface area (Å²) in [5.74, 6) is 0. The van der Waals surface area contributed by atoms with Crippen molar-refractivity contribution in [1.29, 1.82) is 0 Å². The van der Waals surface area contributed by atoms with E-state index in [0.29, 0.717) is 16.4 Å². The van der Waals surface area contributed by atoms with E-state index in [4.69, 9.17) is 16.3 Å². The molecule has 19 heavy (non-hydrogen) atoms. The van der Waals surface area contributed by atoms with E-state index in [2.05, 4.69) is 10.0 Å². The fraction of sp³-hybridized carbons (Fsp3) is 0.500. The highest BCUT2D eigenvalue weighted by Crippen LogP contribution is 2.28. The molecule has 2 unspecified atom stereocenters. The van der Waals surface area contributed by atoms with Crippen molar-refractivity contribution in [2.75, 3.05) is 22.9 Å². The first kappa shape index (κ1) is 14.4. The Labute approximate surface area is 118 Å². The molecule has 2 N–H and O–H groups in total. The number of hydrogen-bond acceptors (Lipinski definition) is 4. The summed E-state index contributed by atoms with van der Waals surface area (Å²) in [5, 5.41) is 3.85. The van der Waals surface area contributed by atoms with Crippen molar-refractivity contribution in [3.05, 3.63) is 23.2 Å². The third kappa shape index (κ3) is 3.99. The maximum absolute atomic E-state index is 11.2. The predicted molar refractivity (Wildman–Crippen MR) is 77.4 cm³/mol. The number of benzene rings is 1. The van der Waals surface area contributed by atoms with Gasteiger partial charge in [0, 0.05) is 6.61 Å². The quantitative estimate of drug-likeness (QED) is 0.895. The maximum Gasteiger partial charge on any atom is 0.229 e. The third-order valence-electron chi connectivity index (χ3n) is 2.99. The van der Waals surface area contributed by atoms with Crippen molar-refractivity contribution in [1.82, 2.24) is 0 Å². The van der Waals surface area contributed by atoms with E-state index in [1.807, 2.05) is 6.92 Å². The number of rotatable bonds is 4. The van der Waals surface area contributed by atoms with Crippen LogP contribution in [0.5, 0.6) is 0 Å². The summed E-state index contributed by atoms with van der Waals surface area (Å²) in [6.07, 6.45) is 2.13. The normalized spacial score (nSPS) is 23.3. The fourth-order valence-corrected chi connectivity index (χ4v) is 2.76. The van der Waals surface area contributed by atoms with E-state index in [1.54, 1.807) is 18.2 Å². The first-order valence-corrected chi connectivity index (χ1v) is 8.27. The lowest BCUT2D eigenvalue weighted by atomic mass is 10.1. The van der Waals surface area contributed by atoms with Crippen LogP contribution in [0.1, 0.15) is 13.3 Å². The van der Waals surface area contributed by atoms with Crippen molar-refractivity contribution in [2.24, 2.45) is 0 Å². The summed E-state index contributed by atoms with van der Waals surface area (Å²) < 4.78 is 30.3. The van der Waals surface area contributed by atoms with E-state index < -0.39 is 10.0 Å². The zero-order chi connectivity index (χ0) is 14.0. The van der Waals surface area contributed by atoms with Gasteiger partial charge in [-0.3, -0.25) is 4.72 Å². The number of halogens is 1. The molecule has 0 aromatic heterocycles. The van der Waals surface area contributed by atoms with Crippen LogP contribution in [0, 0.1) is 0 Å². The average Bonchev–Trinajstić information content (AvgIpc) is 2.67. The molecule has 0 spiro atoms. The molecule has 2 atom stereocenters. The number of nitrogens with one attached hydrogen (secondary N) is 2. The van der Waals surface area contributed by atoms with Gasteiger partial charge < -0.3 is 10.1 Å². The van der Waals surface area contributed by atoms with Crippen molar-refractivity contribution >= 4 is 33.0 Å². The van der Waals surface area contributed by atoms with Gasteiger partial charge in [0.05, 0.1) is 34.8 Å². The first-order valence-electron chi connectivity index (χ1n) is 6.00. The Hall–Kier alpha value is -0.980. The molecule has 0 radical (unpaired) electrons. The van der Waals surface area contributed by atoms with Gasteiger partial charge in [0.25, 0.3) is 0 Å². The van der Waals surface area contributed by atoms with Gasteiger partial charge in [-0.05, 0) is 31.5 Å². The lowest BCUT2D eigenvalue weighted by molar-refractivity contribution is 0.121. The molecule has 0 amide bonds. The standard InChI is InChI=1S/C12H17ClN2O3S/c1-8-11(5-6-18-8)14-12-7-9(3-4-10(12)13)15-19(2,16)17/h3-4,7-8,11,14-15H,5-6H2,1-2H3. The van der Waals surface area contributed by atoms with Crippen LogP contribution in [0.4, 0.5) is 11.4 Å². The first-order chi connectivity index (χ1) is 8.85. The van der Waals surface area contributed by atoms with E-state index >= 15 is 0 Å². The lowest BCUT2D eigenvalue weighted by Gasteiger charge is -2.19. The molecular weight excluding hydrogens is 288 g/mol. The van der Waals surface area contributed by atoms with Crippen LogP contribution in [0.2, 0.25) is 5.02 Å². The second-order valence-corrected chi connectivity index (χ2v) is 6.84. The summed E-state index contributed by atoms with van der Waals surface area (Å²) in [5.41, 5.74) is 1.19. The van der Waals surface area contributed by atoms with Gasteiger partial charge in [0.1, 0.15) is 0 Å². The summed E-state index contributed by atoms with van der Waals surface area (Å²) >= 11 is 6.11. The number of anilines is 2. The molecule has 1 aliphatic rings. The van der Waals surface area contributed by atoms with Crippen LogP contribution in [-0.2, 0) is 14.8 Å². The lowest BCUT2D eigenvalue weighted by Crippen LogP contribution is -2.26. The van der Waals surface area contributed by atoms with Gasteiger partial charge in [-0.15, -0.1) is 0 Å².